The minimum Gasteiger partial charge on any atom is -0.339 e. The first-order valence-electron chi connectivity index (χ1n) is 5.59. The minimum absolute atomic E-state index is 0.189. The van der Waals surface area contributed by atoms with Crippen molar-refractivity contribution in [3.8, 4) is 0 Å². The van der Waals surface area contributed by atoms with Gasteiger partial charge in [-0.15, -0.1) is 0 Å². The molecule has 0 fully saturated rings. The molecule has 4 heteroatoms. The number of pyridine rings is 1. The van der Waals surface area contributed by atoms with Crippen LogP contribution in [0.3, 0.4) is 0 Å². The van der Waals surface area contributed by atoms with E-state index in [1.807, 2.05) is 31.0 Å². The smallest absolute Gasteiger partial charge is 0.224 e. The molecule has 0 saturated heterocycles. The molecule has 1 rings (SSSR count). The standard InChI is InChI=1S/C12H19N3O/c1-3-15(12(16)6-7-13-2)10-11-4-8-14-9-5-11/h4-5,8-9,13H,3,6-7,10H2,1-2H3. The molecule has 1 N–H and O–H groups in total. The Kier molecular flexibility index (Phi) is 5.50. The molecule has 1 aromatic heterocycles. The molecular weight excluding hydrogens is 202 g/mol. The first kappa shape index (κ1) is 12.6. The maximum atomic E-state index is 11.8. The molecule has 1 heterocycles. The molecule has 0 aliphatic carbocycles. The molecule has 0 radical (unpaired) electrons. The molecule has 16 heavy (non-hydrogen) atoms. The van der Waals surface area contributed by atoms with Crippen LogP contribution < -0.4 is 5.32 Å². The molecule has 0 bridgehead atoms. The van der Waals surface area contributed by atoms with E-state index in [1.54, 1.807) is 12.4 Å². The monoisotopic (exact) mass is 221 g/mol. The quantitative estimate of drug-likeness (QED) is 0.780. The van der Waals surface area contributed by atoms with Crippen LogP contribution in [0.2, 0.25) is 0 Å². The van der Waals surface area contributed by atoms with Crippen molar-refractivity contribution in [2.24, 2.45) is 0 Å². The number of aromatic nitrogens is 1. The maximum absolute atomic E-state index is 11.8. The van der Waals surface area contributed by atoms with Gasteiger partial charge >= 0.3 is 0 Å². The zero-order valence-corrected chi connectivity index (χ0v) is 9.94. The molecule has 4 nitrogen and oxygen atoms in total. The summed E-state index contributed by atoms with van der Waals surface area (Å²) in [6, 6.07) is 3.88. The third-order valence-corrected chi connectivity index (χ3v) is 2.45. The van der Waals surface area contributed by atoms with Crippen molar-refractivity contribution < 1.29 is 4.79 Å². The topological polar surface area (TPSA) is 45.2 Å². The molecule has 1 amide bonds. The lowest BCUT2D eigenvalue weighted by atomic mass is 10.2. The Bertz CT molecular complexity index is 313. The Morgan fingerprint density at radius 1 is 1.44 bits per heavy atom. The van der Waals surface area contributed by atoms with Crippen molar-refractivity contribution in [3.63, 3.8) is 0 Å². The summed E-state index contributed by atoms with van der Waals surface area (Å²) >= 11 is 0. The minimum atomic E-state index is 0.189. The second kappa shape index (κ2) is 6.95. The molecule has 0 aromatic carbocycles. The first-order valence-corrected chi connectivity index (χ1v) is 5.59. The number of hydrogen-bond donors (Lipinski definition) is 1. The number of rotatable bonds is 6. The molecule has 0 aliphatic rings. The summed E-state index contributed by atoms with van der Waals surface area (Å²) in [4.78, 5) is 17.6. The van der Waals surface area contributed by atoms with Crippen LogP contribution in [-0.4, -0.2) is 35.9 Å². The largest absolute Gasteiger partial charge is 0.339 e. The molecule has 0 spiro atoms. The molecule has 0 atom stereocenters. The number of nitrogens with one attached hydrogen (secondary N) is 1. The molecule has 1 aromatic rings. The predicted molar refractivity (Wildman–Crippen MR) is 63.9 cm³/mol. The molecule has 0 saturated carbocycles. The van der Waals surface area contributed by atoms with Gasteiger partial charge in [-0.1, -0.05) is 0 Å². The van der Waals surface area contributed by atoms with E-state index < -0.39 is 0 Å². The van der Waals surface area contributed by atoms with Crippen molar-refractivity contribution in [2.75, 3.05) is 20.1 Å². The van der Waals surface area contributed by atoms with Gasteiger partial charge in [-0.3, -0.25) is 9.78 Å². The lowest BCUT2D eigenvalue weighted by molar-refractivity contribution is -0.131. The van der Waals surface area contributed by atoms with Crippen molar-refractivity contribution in [2.45, 2.75) is 19.9 Å². The highest BCUT2D eigenvalue weighted by atomic mass is 16.2. The zero-order valence-electron chi connectivity index (χ0n) is 9.94. The summed E-state index contributed by atoms with van der Waals surface area (Å²) in [5, 5.41) is 2.98. The second-order valence-corrected chi connectivity index (χ2v) is 3.62. The highest BCUT2D eigenvalue weighted by molar-refractivity contribution is 5.76. The van der Waals surface area contributed by atoms with Gasteiger partial charge in [0.2, 0.25) is 5.91 Å². The molecule has 0 unspecified atom stereocenters. The first-order chi connectivity index (χ1) is 7.77. The maximum Gasteiger partial charge on any atom is 0.224 e. The van der Waals surface area contributed by atoms with Crippen molar-refractivity contribution >= 4 is 5.91 Å². The van der Waals surface area contributed by atoms with Crippen LogP contribution in [0, 0.1) is 0 Å². The van der Waals surface area contributed by atoms with Gasteiger partial charge < -0.3 is 10.2 Å². The average Bonchev–Trinajstić information content (AvgIpc) is 2.34. The van der Waals surface area contributed by atoms with E-state index in [9.17, 15) is 4.79 Å². The second-order valence-electron chi connectivity index (χ2n) is 3.62. The van der Waals surface area contributed by atoms with Crippen LogP contribution in [0.4, 0.5) is 0 Å². The van der Waals surface area contributed by atoms with Gasteiger partial charge in [-0.2, -0.15) is 0 Å². The normalized spacial score (nSPS) is 10.1. The number of amides is 1. The Balaban J connectivity index is 2.52. The van der Waals surface area contributed by atoms with Crippen LogP contribution in [-0.2, 0) is 11.3 Å². The number of hydrogen-bond acceptors (Lipinski definition) is 3. The van der Waals surface area contributed by atoms with Gasteiger partial charge in [0.05, 0.1) is 0 Å². The third-order valence-electron chi connectivity index (χ3n) is 2.45. The van der Waals surface area contributed by atoms with E-state index in [4.69, 9.17) is 0 Å². The van der Waals surface area contributed by atoms with E-state index in [-0.39, 0.29) is 5.91 Å². The van der Waals surface area contributed by atoms with Gasteiger partial charge in [0.15, 0.2) is 0 Å². The summed E-state index contributed by atoms with van der Waals surface area (Å²) < 4.78 is 0. The molecular formula is C12H19N3O. The summed E-state index contributed by atoms with van der Waals surface area (Å²) in [5.41, 5.74) is 1.12. The highest BCUT2D eigenvalue weighted by Gasteiger charge is 2.10. The number of carbonyl (C=O) groups excluding carboxylic acids is 1. The van der Waals surface area contributed by atoms with E-state index in [0.29, 0.717) is 13.0 Å². The predicted octanol–water partition coefficient (Wildman–Crippen LogP) is 1.04. The van der Waals surface area contributed by atoms with Gasteiger partial charge in [0.1, 0.15) is 0 Å². The molecule has 88 valence electrons. The van der Waals surface area contributed by atoms with Crippen LogP contribution in [0.5, 0.6) is 0 Å². The SMILES string of the molecule is CCN(Cc1ccncc1)C(=O)CCNC. The summed E-state index contributed by atoms with van der Waals surface area (Å²) in [5.74, 6) is 0.189. The fourth-order valence-electron chi connectivity index (χ4n) is 1.47. The average molecular weight is 221 g/mol. The van der Waals surface area contributed by atoms with E-state index in [2.05, 4.69) is 10.3 Å². The number of carbonyl (C=O) groups is 1. The van der Waals surface area contributed by atoms with Gasteiger partial charge in [0, 0.05) is 38.4 Å². The Morgan fingerprint density at radius 3 is 2.69 bits per heavy atom. The van der Waals surface area contributed by atoms with Crippen LogP contribution in [0.1, 0.15) is 18.9 Å². The van der Waals surface area contributed by atoms with Gasteiger partial charge in [-0.25, -0.2) is 0 Å². The molecule has 0 aliphatic heterocycles. The lowest BCUT2D eigenvalue weighted by Gasteiger charge is -2.20. The fraction of sp³-hybridized carbons (Fsp3) is 0.500. The van der Waals surface area contributed by atoms with E-state index in [1.165, 1.54) is 0 Å². The Morgan fingerprint density at radius 2 is 2.12 bits per heavy atom. The van der Waals surface area contributed by atoms with Crippen LogP contribution >= 0.6 is 0 Å². The highest BCUT2D eigenvalue weighted by Crippen LogP contribution is 2.04. The van der Waals surface area contributed by atoms with Crippen LogP contribution in [0.25, 0.3) is 0 Å². The third kappa shape index (κ3) is 3.98. The van der Waals surface area contributed by atoms with Crippen molar-refractivity contribution in [1.29, 1.82) is 0 Å². The lowest BCUT2D eigenvalue weighted by Crippen LogP contribution is -2.32. The van der Waals surface area contributed by atoms with Crippen molar-refractivity contribution in [3.05, 3.63) is 30.1 Å². The van der Waals surface area contributed by atoms with Gasteiger partial charge in [0.25, 0.3) is 0 Å². The number of nitrogens with zero attached hydrogens (tertiary/aromatic N) is 2. The Hall–Kier alpha value is -1.42. The fourth-order valence-corrected chi connectivity index (χ4v) is 1.47. The summed E-state index contributed by atoms with van der Waals surface area (Å²) in [7, 11) is 1.85. The Labute approximate surface area is 96.7 Å². The van der Waals surface area contributed by atoms with Crippen LogP contribution in [0.15, 0.2) is 24.5 Å². The summed E-state index contributed by atoms with van der Waals surface area (Å²) in [6.45, 7) is 4.14. The van der Waals surface area contributed by atoms with Crippen molar-refractivity contribution in [1.82, 2.24) is 15.2 Å². The summed E-state index contributed by atoms with van der Waals surface area (Å²) in [6.07, 6.45) is 4.05. The zero-order chi connectivity index (χ0) is 11.8. The van der Waals surface area contributed by atoms with E-state index >= 15 is 0 Å². The van der Waals surface area contributed by atoms with Gasteiger partial charge in [-0.05, 0) is 31.7 Å². The van der Waals surface area contributed by atoms with E-state index in [0.717, 1.165) is 18.7 Å².